The van der Waals surface area contributed by atoms with Crippen molar-refractivity contribution in [1.29, 1.82) is 0 Å². The first kappa shape index (κ1) is 21.8. The number of nitrogens with zero attached hydrogens (tertiary/aromatic N) is 3. The van der Waals surface area contributed by atoms with Gasteiger partial charge in [0.05, 0.1) is 0 Å². The van der Waals surface area contributed by atoms with Crippen molar-refractivity contribution >= 4 is 11.8 Å². The van der Waals surface area contributed by atoms with Crippen LogP contribution >= 0.6 is 0 Å². The molecule has 0 aliphatic carbocycles. The molecule has 3 rings (SSSR count). The first-order chi connectivity index (χ1) is 13.9. The zero-order valence-electron chi connectivity index (χ0n) is 18.4. The molecule has 3 unspecified atom stereocenters. The predicted octanol–water partition coefficient (Wildman–Crippen LogP) is 2.02. The van der Waals surface area contributed by atoms with Crippen molar-refractivity contribution in [1.82, 2.24) is 20.0 Å². The maximum atomic E-state index is 12.9. The Hall–Kier alpha value is -1.92. The molecule has 0 radical (unpaired) electrons. The topological polar surface area (TPSA) is 55.9 Å². The zero-order valence-corrected chi connectivity index (χ0v) is 18.4. The van der Waals surface area contributed by atoms with E-state index in [1.807, 2.05) is 18.7 Å². The van der Waals surface area contributed by atoms with Gasteiger partial charge in [-0.05, 0) is 46.2 Å². The molecule has 6 nitrogen and oxygen atoms in total. The highest BCUT2D eigenvalue weighted by atomic mass is 16.2. The van der Waals surface area contributed by atoms with Crippen LogP contribution in [0.25, 0.3) is 0 Å². The van der Waals surface area contributed by atoms with Gasteiger partial charge in [-0.1, -0.05) is 29.8 Å². The number of rotatable bonds is 7. The third-order valence-corrected chi connectivity index (χ3v) is 6.66. The highest BCUT2D eigenvalue weighted by Gasteiger charge is 2.44. The molecule has 3 atom stereocenters. The molecule has 6 heteroatoms. The van der Waals surface area contributed by atoms with Crippen molar-refractivity contribution in [3.63, 3.8) is 0 Å². The van der Waals surface area contributed by atoms with Gasteiger partial charge in [-0.25, -0.2) is 0 Å². The minimum atomic E-state index is -0.121. The quantitative estimate of drug-likeness (QED) is 0.761. The van der Waals surface area contributed by atoms with E-state index in [0.717, 1.165) is 39.0 Å². The van der Waals surface area contributed by atoms with Crippen molar-refractivity contribution in [3.8, 4) is 0 Å². The Bertz CT molecular complexity index is 701. The van der Waals surface area contributed by atoms with E-state index >= 15 is 0 Å². The standard InChI is InChI=1S/C23H36N4O2/c1-5-26(6-2)21(28)12-11-19-15-24-23(29)22-20(25(19)4)13-14-27(22)16-18-9-7-17(3)8-10-18/h7-10,19-20,22H,5-6,11-16H2,1-4H3,(H,24,29). The maximum Gasteiger partial charge on any atom is 0.239 e. The van der Waals surface area contributed by atoms with E-state index in [9.17, 15) is 9.59 Å². The number of fused-ring (bicyclic) bond motifs is 1. The van der Waals surface area contributed by atoms with Crippen molar-refractivity contribution in [3.05, 3.63) is 35.4 Å². The summed E-state index contributed by atoms with van der Waals surface area (Å²) in [6.07, 6.45) is 2.31. The molecule has 160 valence electrons. The normalized spacial score (nSPS) is 25.4. The largest absolute Gasteiger partial charge is 0.353 e. The molecular weight excluding hydrogens is 364 g/mol. The van der Waals surface area contributed by atoms with E-state index in [2.05, 4.69) is 53.4 Å². The highest BCUT2D eigenvalue weighted by molar-refractivity contribution is 5.83. The molecule has 1 N–H and O–H groups in total. The molecule has 0 spiro atoms. The third kappa shape index (κ3) is 4.98. The summed E-state index contributed by atoms with van der Waals surface area (Å²) < 4.78 is 0. The van der Waals surface area contributed by atoms with Gasteiger partial charge in [0.15, 0.2) is 0 Å². The van der Waals surface area contributed by atoms with Crippen LogP contribution in [0, 0.1) is 6.92 Å². The Labute approximate surface area is 175 Å². The number of hydrogen-bond donors (Lipinski definition) is 1. The van der Waals surface area contributed by atoms with E-state index in [0.29, 0.717) is 13.0 Å². The fourth-order valence-corrected chi connectivity index (χ4v) is 4.78. The van der Waals surface area contributed by atoms with Crippen LogP contribution in [-0.4, -0.2) is 77.9 Å². The molecule has 2 saturated heterocycles. The average molecular weight is 401 g/mol. The Morgan fingerprint density at radius 2 is 1.90 bits per heavy atom. The molecule has 2 heterocycles. The summed E-state index contributed by atoms with van der Waals surface area (Å²) >= 11 is 0. The number of aryl methyl sites for hydroxylation is 1. The van der Waals surface area contributed by atoms with Gasteiger partial charge in [-0.2, -0.15) is 0 Å². The second-order valence-corrected chi connectivity index (χ2v) is 8.43. The maximum absolute atomic E-state index is 12.9. The van der Waals surface area contributed by atoms with E-state index < -0.39 is 0 Å². The number of carbonyl (C=O) groups excluding carboxylic acids is 2. The van der Waals surface area contributed by atoms with E-state index in [-0.39, 0.29) is 29.9 Å². The van der Waals surface area contributed by atoms with Gasteiger partial charge >= 0.3 is 0 Å². The second kappa shape index (κ2) is 9.72. The fraction of sp³-hybridized carbons (Fsp3) is 0.652. The Morgan fingerprint density at radius 3 is 2.55 bits per heavy atom. The molecule has 2 fully saturated rings. The number of hydrogen-bond acceptors (Lipinski definition) is 4. The van der Waals surface area contributed by atoms with Gasteiger partial charge in [0, 0.05) is 51.2 Å². The van der Waals surface area contributed by atoms with E-state index in [1.165, 1.54) is 11.1 Å². The fourth-order valence-electron chi connectivity index (χ4n) is 4.78. The first-order valence-corrected chi connectivity index (χ1v) is 11.0. The highest BCUT2D eigenvalue weighted by Crippen LogP contribution is 2.28. The van der Waals surface area contributed by atoms with Gasteiger partial charge < -0.3 is 10.2 Å². The van der Waals surface area contributed by atoms with Crippen LogP contribution in [0.2, 0.25) is 0 Å². The Kier molecular flexibility index (Phi) is 7.30. The van der Waals surface area contributed by atoms with Crippen LogP contribution in [0.1, 0.15) is 44.2 Å². The lowest BCUT2D eigenvalue weighted by Gasteiger charge is -2.33. The minimum absolute atomic E-state index is 0.121. The summed E-state index contributed by atoms with van der Waals surface area (Å²) in [4.78, 5) is 31.9. The van der Waals surface area contributed by atoms with Crippen LogP contribution in [-0.2, 0) is 16.1 Å². The van der Waals surface area contributed by atoms with Gasteiger partial charge in [0.2, 0.25) is 11.8 Å². The Balaban J connectivity index is 1.64. The number of benzene rings is 1. The summed E-state index contributed by atoms with van der Waals surface area (Å²) in [6, 6.07) is 8.86. The molecule has 0 bridgehead atoms. The first-order valence-electron chi connectivity index (χ1n) is 11.0. The van der Waals surface area contributed by atoms with Gasteiger partial charge in [0.1, 0.15) is 6.04 Å². The number of likely N-dealkylation sites (N-methyl/N-ethyl adjacent to an activating group) is 1. The summed E-state index contributed by atoms with van der Waals surface area (Å²) in [5.74, 6) is 0.340. The zero-order chi connectivity index (χ0) is 21.0. The third-order valence-electron chi connectivity index (χ3n) is 6.66. The molecule has 2 amide bonds. The van der Waals surface area contributed by atoms with Gasteiger partial charge in [-0.15, -0.1) is 0 Å². The van der Waals surface area contributed by atoms with Gasteiger partial charge in [-0.3, -0.25) is 19.4 Å². The second-order valence-electron chi connectivity index (χ2n) is 8.43. The van der Waals surface area contributed by atoms with Crippen LogP contribution < -0.4 is 5.32 Å². The lowest BCUT2D eigenvalue weighted by Crippen LogP contribution is -2.49. The summed E-state index contributed by atoms with van der Waals surface area (Å²) in [7, 11) is 2.12. The number of nitrogens with one attached hydrogen (secondary N) is 1. The molecule has 0 saturated carbocycles. The smallest absolute Gasteiger partial charge is 0.239 e. The van der Waals surface area contributed by atoms with E-state index in [4.69, 9.17) is 0 Å². The molecular formula is C23H36N4O2. The van der Waals surface area contributed by atoms with Crippen molar-refractivity contribution < 1.29 is 9.59 Å². The molecule has 1 aromatic rings. The van der Waals surface area contributed by atoms with E-state index in [1.54, 1.807) is 0 Å². The average Bonchev–Trinajstić information content (AvgIpc) is 3.08. The molecule has 2 aliphatic rings. The minimum Gasteiger partial charge on any atom is -0.353 e. The molecule has 29 heavy (non-hydrogen) atoms. The van der Waals surface area contributed by atoms with Crippen LogP contribution in [0.15, 0.2) is 24.3 Å². The summed E-state index contributed by atoms with van der Waals surface area (Å²) in [5, 5.41) is 3.16. The van der Waals surface area contributed by atoms with Crippen LogP contribution in [0.4, 0.5) is 0 Å². The molecule has 2 aliphatic heterocycles. The summed E-state index contributed by atoms with van der Waals surface area (Å²) in [5.41, 5.74) is 2.50. The van der Waals surface area contributed by atoms with Crippen molar-refractivity contribution in [2.24, 2.45) is 0 Å². The van der Waals surface area contributed by atoms with Crippen LogP contribution in [0.5, 0.6) is 0 Å². The number of carbonyl (C=O) groups is 2. The number of likely N-dealkylation sites (tertiary alicyclic amines) is 1. The SMILES string of the molecule is CCN(CC)C(=O)CCC1CNC(=O)C2C(CCN2Cc2ccc(C)cc2)N1C. The van der Waals surface area contributed by atoms with Crippen molar-refractivity contribution in [2.45, 2.75) is 64.7 Å². The lowest BCUT2D eigenvalue weighted by atomic mass is 10.0. The van der Waals surface area contributed by atoms with Crippen molar-refractivity contribution in [2.75, 3.05) is 33.2 Å². The van der Waals surface area contributed by atoms with Crippen LogP contribution in [0.3, 0.4) is 0 Å². The predicted molar refractivity (Wildman–Crippen MR) is 116 cm³/mol. The molecule has 1 aromatic carbocycles. The summed E-state index contributed by atoms with van der Waals surface area (Å²) in [6.45, 7) is 9.98. The Morgan fingerprint density at radius 1 is 1.21 bits per heavy atom. The van der Waals surface area contributed by atoms with Gasteiger partial charge in [0.25, 0.3) is 0 Å². The monoisotopic (exact) mass is 400 g/mol. The lowest BCUT2D eigenvalue weighted by molar-refractivity contribution is -0.131. The number of amides is 2. The molecule has 0 aromatic heterocycles.